The van der Waals surface area contributed by atoms with E-state index in [9.17, 15) is 4.79 Å². The number of rotatable bonds is 3. The molecule has 0 bridgehead atoms. The minimum absolute atomic E-state index is 0.000854. The van der Waals surface area contributed by atoms with Gasteiger partial charge in [0, 0.05) is 10.6 Å². The summed E-state index contributed by atoms with van der Waals surface area (Å²) in [6, 6.07) is 13.5. The molecule has 0 saturated carbocycles. The van der Waals surface area contributed by atoms with Crippen molar-refractivity contribution in [3.05, 3.63) is 69.7 Å². The molecule has 21 heavy (non-hydrogen) atoms. The predicted octanol–water partition coefficient (Wildman–Crippen LogP) is 4.32. The van der Waals surface area contributed by atoms with Gasteiger partial charge in [-0.15, -0.1) is 0 Å². The second-order valence-corrected chi connectivity index (χ2v) is 6.02. The van der Waals surface area contributed by atoms with Gasteiger partial charge in [-0.25, -0.2) is 0 Å². The molecule has 3 heteroatoms. The summed E-state index contributed by atoms with van der Waals surface area (Å²) in [7, 11) is 0. The van der Waals surface area contributed by atoms with E-state index < -0.39 is 0 Å². The quantitative estimate of drug-likeness (QED) is 0.898. The molecular weight excluding hydrogens is 282 g/mol. The third-order valence-electron chi connectivity index (χ3n) is 4.08. The molecule has 1 unspecified atom stereocenters. The molecule has 0 aromatic heterocycles. The maximum atomic E-state index is 12.2. The summed E-state index contributed by atoms with van der Waals surface area (Å²) in [6.45, 7) is 2.02. The van der Waals surface area contributed by atoms with Crippen molar-refractivity contribution in [3.63, 3.8) is 0 Å². The third-order valence-corrected chi connectivity index (χ3v) is 4.33. The smallest absolute Gasteiger partial charge is 0.251 e. The highest BCUT2D eigenvalue weighted by molar-refractivity contribution is 6.30. The molecule has 0 aliphatic heterocycles. The van der Waals surface area contributed by atoms with Crippen LogP contribution in [0.4, 0.5) is 0 Å². The van der Waals surface area contributed by atoms with Crippen molar-refractivity contribution in [1.29, 1.82) is 0 Å². The molecule has 1 N–H and O–H groups in total. The summed E-state index contributed by atoms with van der Waals surface area (Å²) in [6.07, 6.45) is 3.58. The number of nitrogens with one attached hydrogen (secondary N) is 1. The van der Waals surface area contributed by atoms with Crippen LogP contribution in [0.2, 0.25) is 5.02 Å². The Morgan fingerprint density at radius 1 is 1.10 bits per heavy atom. The summed E-state index contributed by atoms with van der Waals surface area (Å²) in [5, 5.41) is 3.68. The molecule has 1 aliphatic rings. The van der Waals surface area contributed by atoms with Crippen LogP contribution in [-0.2, 0) is 12.8 Å². The zero-order valence-corrected chi connectivity index (χ0v) is 12.8. The summed E-state index contributed by atoms with van der Waals surface area (Å²) in [4.78, 5) is 12.2. The van der Waals surface area contributed by atoms with Gasteiger partial charge in [0.25, 0.3) is 5.91 Å². The molecule has 2 aromatic carbocycles. The van der Waals surface area contributed by atoms with Crippen molar-refractivity contribution in [2.24, 2.45) is 0 Å². The first-order valence-corrected chi connectivity index (χ1v) is 7.69. The SMILES string of the molecule is CC(NC(=O)c1ccc(Cl)cc1)c1ccc2c(c1)CCC2. The highest BCUT2D eigenvalue weighted by Crippen LogP contribution is 2.25. The van der Waals surface area contributed by atoms with Crippen LogP contribution in [0.5, 0.6) is 0 Å². The Labute approximate surface area is 130 Å². The lowest BCUT2D eigenvalue weighted by atomic mass is 10.0. The van der Waals surface area contributed by atoms with Gasteiger partial charge in [0.15, 0.2) is 0 Å². The van der Waals surface area contributed by atoms with E-state index >= 15 is 0 Å². The standard InChI is InChI=1S/C18H18ClNO/c1-12(15-6-5-13-3-2-4-16(13)11-15)20-18(21)14-7-9-17(19)10-8-14/h5-12H,2-4H2,1H3,(H,20,21). The van der Waals surface area contributed by atoms with Crippen LogP contribution in [-0.4, -0.2) is 5.91 Å². The van der Waals surface area contributed by atoms with Crippen molar-refractivity contribution in [3.8, 4) is 0 Å². The number of fused-ring (bicyclic) bond motifs is 1. The maximum absolute atomic E-state index is 12.2. The number of hydrogen-bond acceptors (Lipinski definition) is 1. The minimum atomic E-state index is -0.0698. The van der Waals surface area contributed by atoms with E-state index in [1.54, 1.807) is 24.3 Å². The van der Waals surface area contributed by atoms with E-state index in [1.807, 2.05) is 6.92 Å². The largest absolute Gasteiger partial charge is 0.346 e. The van der Waals surface area contributed by atoms with Gasteiger partial charge in [0.2, 0.25) is 0 Å². The number of carbonyl (C=O) groups excluding carboxylic acids is 1. The molecule has 1 aliphatic carbocycles. The van der Waals surface area contributed by atoms with E-state index in [2.05, 4.69) is 23.5 Å². The van der Waals surface area contributed by atoms with Gasteiger partial charge in [-0.1, -0.05) is 29.8 Å². The van der Waals surface area contributed by atoms with Gasteiger partial charge in [-0.2, -0.15) is 0 Å². The highest BCUT2D eigenvalue weighted by atomic mass is 35.5. The molecular formula is C18H18ClNO. The first-order valence-electron chi connectivity index (χ1n) is 7.31. The number of amides is 1. The van der Waals surface area contributed by atoms with Crippen LogP contribution < -0.4 is 5.32 Å². The normalized spacial score (nSPS) is 14.6. The number of aryl methyl sites for hydroxylation is 2. The molecule has 2 aromatic rings. The van der Waals surface area contributed by atoms with Crippen molar-refractivity contribution >= 4 is 17.5 Å². The fraction of sp³-hybridized carbons (Fsp3) is 0.278. The van der Waals surface area contributed by atoms with Crippen LogP contribution in [0, 0.1) is 0 Å². The van der Waals surface area contributed by atoms with Crippen LogP contribution in [0.15, 0.2) is 42.5 Å². The molecule has 108 valence electrons. The summed E-state index contributed by atoms with van der Waals surface area (Å²) in [5.41, 5.74) is 4.68. The highest BCUT2D eigenvalue weighted by Gasteiger charge is 2.15. The Balaban J connectivity index is 1.72. The van der Waals surface area contributed by atoms with E-state index in [0.717, 1.165) is 12.0 Å². The molecule has 0 fully saturated rings. The zero-order valence-electron chi connectivity index (χ0n) is 12.0. The minimum Gasteiger partial charge on any atom is -0.346 e. The summed E-state index contributed by atoms with van der Waals surface area (Å²) in [5.74, 6) is -0.0698. The molecule has 1 atom stereocenters. The number of benzene rings is 2. The van der Waals surface area contributed by atoms with Gasteiger partial charge in [-0.05, 0) is 67.1 Å². The molecule has 2 nitrogen and oxygen atoms in total. The lowest BCUT2D eigenvalue weighted by Gasteiger charge is -2.15. The molecule has 0 saturated heterocycles. The van der Waals surface area contributed by atoms with E-state index in [1.165, 1.54) is 24.0 Å². The van der Waals surface area contributed by atoms with Crippen LogP contribution in [0.3, 0.4) is 0 Å². The average Bonchev–Trinajstić information content (AvgIpc) is 2.95. The Hall–Kier alpha value is -1.80. The molecule has 0 heterocycles. The van der Waals surface area contributed by atoms with Crippen LogP contribution >= 0.6 is 11.6 Å². The van der Waals surface area contributed by atoms with Crippen LogP contribution in [0.25, 0.3) is 0 Å². The monoisotopic (exact) mass is 299 g/mol. The number of halogens is 1. The molecule has 1 amide bonds. The third kappa shape index (κ3) is 3.11. The van der Waals surface area contributed by atoms with Gasteiger partial charge in [0.1, 0.15) is 0 Å². The number of hydrogen-bond donors (Lipinski definition) is 1. The van der Waals surface area contributed by atoms with E-state index in [0.29, 0.717) is 10.6 Å². The Bertz CT molecular complexity index is 663. The first-order chi connectivity index (χ1) is 10.1. The van der Waals surface area contributed by atoms with Crippen LogP contribution in [0.1, 0.15) is 46.4 Å². The summed E-state index contributed by atoms with van der Waals surface area (Å²) >= 11 is 5.84. The maximum Gasteiger partial charge on any atom is 0.251 e. The second kappa shape index (κ2) is 5.90. The first kappa shape index (κ1) is 14.2. The van der Waals surface area contributed by atoms with Crippen molar-refractivity contribution in [2.75, 3.05) is 0 Å². The van der Waals surface area contributed by atoms with Gasteiger partial charge >= 0.3 is 0 Å². The lowest BCUT2D eigenvalue weighted by molar-refractivity contribution is 0.0940. The average molecular weight is 300 g/mol. The van der Waals surface area contributed by atoms with E-state index in [-0.39, 0.29) is 11.9 Å². The molecule has 3 rings (SSSR count). The van der Waals surface area contributed by atoms with Gasteiger partial charge in [-0.3, -0.25) is 4.79 Å². The lowest BCUT2D eigenvalue weighted by Crippen LogP contribution is -2.26. The fourth-order valence-electron chi connectivity index (χ4n) is 2.83. The van der Waals surface area contributed by atoms with Crippen molar-refractivity contribution in [1.82, 2.24) is 5.32 Å². The Kier molecular flexibility index (Phi) is 3.98. The molecule has 0 radical (unpaired) electrons. The molecule has 0 spiro atoms. The second-order valence-electron chi connectivity index (χ2n) is 5.58. The Morgan fingerprint density at radius 3 is 2.57 bits per heavy atom. The Morgan fingerprint density at radius 2 is 1.81 bits per heavy atom. The predicted molar refractivity (Wildman–Crippen MR) is 85.8 cm³/mol. The fourth-order valence-corrected chi connectivity index (χ4v) is 2.95. The van der Waals surface area contributed by atoms with Gasteiger partial charge < -0.3 is 5.32 Å². The zero-order chi connectivity index (χ0) is 14.8. The van der Waals surface area contributed by atoms with Gasteiger partial charge in [0.05, 0.1) is 6.04 Å². The van der Waals surface area contributed by atoms with Crippen molar-refractivity contribution in [2.45, 2.75) is 32.2 Å². The summed E-state index contributed by atoms with van der Waals surface area (Å²) < 4.78 is 0. The number of carbonyl (C=O) groups is 1. The van der Waals surface area contributed by atoms with E-state index in [4.69, 9.17) is 11.6 Å². The van der Waals surface area contributed by atoms with Crippen molar-refractivity contribution < 1.29 is 4.79 Å². The topological polar surface area (TPSA) is 29.1 Å².